The maximum Gasteiger partial charge on any atom is 0.405 e. The molecule has 0 saturated heterocycles. The van der Waals surface area contributed by atoms with Crippen LogP contribution in [0.25, 0.3) is 0 Å². The molecular formula is C12H19F3N2S. The number of halogens is 3. The molecule has 6 heteroatoms. The first kappa shape index (κ1) is 15.5. The lowest BCUT2D eigenvalue weighted by Crippen LogP contribution is -2.56. The highest BCUT2D eigenvalue weighted by Gasteiger charge is 2.45. The molecular weight excluding hydrogens is 261 g/mol. The molecule has 0 saturated carbocycles. The van der Waals surface area contributed by atoms with Gasteiger partial charge in [0.25, 0.3) is 0 Å². The van der Waals surface area contributed by atoms with Gasteiger partial charge in [-0.1, -0.05) is 6.07 Å². The zero-order chi connectivity index (χ0) is 13.9. The molecule has 0 radical (unpaired) electrons. The fourth-order valence-electron chi connectivity index (χ4n) is 2.04. The first-order valence-electron chi connectivity index (χ1n) is 5.80. The monoisotopic (exact) mass is 280 g/mol. The van der Waals surface area contributed by atoms with Crippen LogP contribution in [0.15, 0.2) is 17.5 Å². The van der Waals surface area contributed by atoms with E-state index in [-0.39, 0.29) is 6.04 Å². The molecule has 0 spiro atoms. The Balaban J connectivity index is 2.74. The van der Waals surface area contributed by atoms with Crippen LogP contribution in [0.4, 0.5) is 13.2 Å². The molecule has 3 atom stereocenters. The topological polar surface area (TPSA) is 29.3 Å². The number of hydrogen-bond acceptors (Lipinski definition) is 3. The Morgan fingerprint density at radius 3 is 2.39 bits per heavy atom. The third-order valence-electron chi connectivity index (χ3n) is 3.04. The van der Waals surface area contributed by atoms with Gasteiger partial charge in [-0.05, 0) is 38.8 Å². The minimum absolute atomic E-state index is 0.207. The lowest BCUT2D eigenvalue weighted by Gasteiger charge is -2.36. The van der Waals surface area contributed by atoms with Crippen molar-refractivity contribution in [2.75, 3.05) is 7.05 Å². The summed E-state index contributed by atoms with van der Waals surface area (Å²) >= 11 is 1.56. The van der Waals surface area contributed by atoms with E-state index in [0.29, 0.717) is 6.42 Å². The van der Waals surface area contributed by atoms with Gasteiger partial charge in [0.15, 0.2) is 0 Å². The van der Waals surface area contributed by atoms with Gasteiger partial charge in [-0.15, -0.1) is 11.3 Å². The van der Waals surface area contributed by atoms with Crippen LogP contribution in [0.2, 0.25) is 0 Å². The lowest BCUT2D eigenvalue weighted by molar-refractivity contribution is -0.189. The molecule has 0 bridgehead atoms. The van der Waals surface area contributed by atoms with Crippen molar-refractivity contribution < 1.29 is 13.2 Å². The Morgan fingerprint density at radius 1 is 1.39 bits per heavy atom. The standard InChI is InChI=1S/C12H19F3N2S/c1-8(7-10-5-4-6-18-10)17(3)11(9(2)16)12(13,14)15/h4-6,8-9,11H,7,16H2,1-3H3. The van der Waals surface area contributed by atoms with E-state index in [1.807, 2.05) is 17.5 Å². The second-order valence-electron chi connectivity index (χ2n) is 4.64. The zero-order valence-corrected chi connectivity index (χ0v) is 11.6. The second kappa shape index (κ2) is 6.04. The molecule has 0 aromatic carbocycles. The van der Waals surface area contributed by atoms with Crippen LogP contribution in [0.3, 0.4) is 0 Å². The van der Waals surface area contributed by atoms with Crippen molar-refractivity contribution in [3.05, 3.63) is 22.4 Å². The van der Waals surface area contributed by atoms with Crippen molar-refractivity contribution in [3.63, 3.8) is 0 Å². The first-order chi connectivity index (χ1) is 8.23. The minimum Gasteiger partial charge on any atom is -0.326 e. The number of thiophene rings is 1. The highest BCUT2D eigenvalue weighted by Crippen LogP contribution is 2.28. The largest absolute Gasteiger partial charge is 0.405 e. The molecule has 1 aromatic heterocycles. The summed E-state index contributed by atoms with van der Waals surface area (Å²) in [6, 6.07) is 1.08. The van der Waals surface area contributed by atoms with Crippen LogP contribution in [0.5, 0.6) is 0 Å². The van der Waals surface area contributed by atoms with Crippen molar-refractivity contribution in [1.29, 1.82) is 0 Å². The van der Waals surface area contributed by atoms with E-state index in [4.69, 9.17) is 5.73 Å². The molecule has 1 heterocycles. The molecule has 0 amide bonds. The van der Waals surface area contributed by atoms with Gasteiger partial charge in [-0.25, -0.2) is 0 Å². The fourth-order valence-corrected chi connectivity index (χ4v) is 2.86. The number of nitrogens with two attached hydrogens (primary N) is 1. The normalized spacial score (nSPS) is 17.8. The summed E-state index contributed by atoms with van der Waals surface area (Å²) in [4.78, 5) is 2.41. The zero-order valence-electron chi connectivity index (χ0n) is 10.7. The van der Waals surface area contributed by atoms with Gasteiger partial charge in [0.1, 0.15) is 6.04 Å². The van der Waals surface area contributed by atoms with E-state index >= 15 is 0 Å². The number of hydrogen-bond donors (Lipinski definition) is 1. The van der Waals surface area contributed by atoms with Crippen molar-refractivity contribution >= 4 is 11.3 Å². The summed E-state index contributed by atoms with van der Waals surface area (Å²) in [6.07, 6.45) is -3.69. The van der Waals surface area contributed by atoms with E-state index < -0.39 is 18.3 Å². The maximum atomic E-state index is 12.9. The molecule has 0 aliphatic carbocycles. The van der Waals surface area contributed by atoms with Crippen molar-refractivity contribution in [2.24, 2.45) is 5.73 Å². The van der Waals surface area contributed by atoms with Crippen molar-refractivity contribution in [2.45, 2.75) is 44.6 Å². The Bertz CT molecular complexity index is 349. The molecule has 1 rings (SSSR count). The van der Waals surface area contributed by atoms with Gasteiger partial charge >= 0.3 is 6.18 Å². The summed E-state index contributed by atoms with van der Waals surface area (Å²) in [5, 5.41) is 1.93. The molecule has 0 aliphatic heterocycles. The summed E-state index contributed by atoms with van der Waals surface area (Å²) in [6.45, 7) is 3.19. The van der Waals surface area contributed by atoms with Crippen LogP contribution in [0, 0.1) is 0 Å². The lowest BCUT2D eigenvalue weighted by atomic mass is 10.1. The van der Waals surface area contributed by atoms with Gasteiger partial charge in [-0.2, -0.15) is 13.2 Å². The van der Waals surface area contributed by atoms with Gasteiger partial charge < -0.3 is 5.73 Å². The first-order valence-corrected chi connectivity index (χ1v) is 6.68. The molecule has 104 valence electrons. The molecule has 0 aliphatic rings. The number of rotatable bonds is 5. The van der Waals surface area contributed by atoms with Crippen molar-refractivity contribution in [3.8, 4) is 0 Å². The molecule has 2 nitrogen and oxygen atoms in total. The van der Waals surface area contributed by atoms with Crippen LogP contribution >= 0.6 is 11.3 Å². The van der Waals surface area contributed by atoms with Gasteiger partial charge in [-0.3, -0.25) is 4.90 Å². The number of alkyl halides is 3. The van der Waals surface area contributed by atoms with Crippen LogP contribution in [0.1, 0.15) is 18.7 Å². The smallest absolute Gasteiger partial charge is 0.326 e. The molecule has 1 aromatic rings. The van der Waals surface area contributed by atoms with E-state index in [1.165, 1.54) is 18.9 Å². The average Bonchev–Trinajstić information content (AvgIpc) is 2.67. The molecule has 18 heavy (non-hydrogen) atoms. The van der Waals surface area contributed by atoms with E-state index in [1.54, 1.807) is 18.3 Å². The summed E-state index contributed by atoms with van der Waals surface area (Å²) in [5.41, 5.74) is 5.48. The van der Waals surface area contributed by atoms with Gasteiger partial charge in [0.2, 0.25) is 0 Å². The van der Waals surface area contributed by atoms with Crippen LogP contribution in [-0.2, 0) is 6.42 Å². The number of likely N-dealkylation sites (N-methyl/N-ethyl adjacent to an activating group) is 1. The quantitative estimate of drug-likeness (QED) is 0.898. The third-order valence-corrected chi connectivity index (χ3v) is 3.94. The van der Waals surface area contributed by atoms with Crippen LogP contribution in [-0.4, -0.2) is 36.2 Å². The van der Waals surface area contributed by atoms with Crippen molar-refractivity contribution in [1.82, 2.24) is 4.90 Å². The Hall–Kier alpha value is -0.590. The predicted molar refractivity (Wildman–Crippen MR) is 68.7 cm³/mol. The molecule has 0 fully saturated rings. The Morgan fingerprint density at radius 2 is 2.00 bits per heavy atom. The molecule has 2 N–H and O–H groups in total. The molecule has 3 unspecified atom stereocenters. The Kier molecular flexibility index (Phi) is 5.19. The predicted octanol–water partition coefficient (Wildman–Crippen LogP) is 2.89. The third kappa shape index (κ3) is 3.96. The minimum atomic E-state index is -4.30. The van der Waals surface area contributed by atoms with E-state index in [9.17, 15) is 13.2 Å². The second-order valence-corrected chi connectivity index (χ2v) is 5.68. The van der Waals surface area contributed by atoms with Gasteiger partial charge in [0.05, 0.1) is 0 Å². The van der Waals surface area contributed by atoms with E-state index in [2.05, 4.69) is 0 Å². The highest BCUT2D eigenvalue weighted by atomic mass is 32.1. The van der Waals surface area contributed by atoms with Crippen LogP contribution < -0.4 is 5.73 Å². The average molecular weight is 280 g/mol. The number of nitrogens with zero attached hydrogens (tertiary/aromatic N) is 1. The SMILES string of the molecule is CC(N)C(N(C)C(C)Cc1cccs1)C(F)(F)F. The van der Waals surface area contributed by atoms with Gasteiger partial charge in [0, 0.05) is 17.0 Å². The summed E-state index contributed by atoms with van der Waals surface area (Å²) in [5.74, 6) is 0. The maximum absolute atomic E-state index is 12.9. The highest BCUT2D eigenvalue weighted by molar-refractivity contribution is 7.09. The summed E-state index contributed by atoms with van der Waals surface area (Å²) < 4.78 is 38.8. The van der Waals surface area contributed by atoms with E-state index in [0.717, 1.165) is 4.88 Å². The Labute approximate surface area is 110 Å². The fraction of sp³-hybridized carbons (Fsp3) is 0.667. The summed E-state index contributed by atoms with van der Waals surface area (Å²) in [7, 11) is 1.49.